The number of halogens is 2. The zero-order valence-corrected chi connectivity index (χ0v) is 25.6. The van der Waals surface area contributed by atoms with Crippen LogP contribution in [0.2, 0.25) is 10.0 Å². The quantitative estimate of drug-likeness (QED) is 0.358. The van der Waals surface area contributed by atoms with E-state index in [1.54, 1.807) is 36.1 Å². The molecular weight excluding hydrogens is 609 g/mol. The molecule has 2 aromatic carbocycles. The highest BCUT2D eigenvalue weighted by molar-refractivity contribution is 7.82. The number of aromatic nitrogens is 3. The minimum atomic E-state index is -4.13. The molecule has 4 atom stereocenters. The lowest BCUT2D eigenvalue weighted by Gasteiger charge is -2.49. The van der Waals surface area contributed by atoms with E-state index in [0.29, 0.717) is 34.4 Å². The Kier molecular flexibility index (Phi) is 7.90. The van der Waals surface area contributed by atoms with E-state index in [-0.39, 0.29) is 25.8 Å². The third-order valence-electron chi connectivity index (χ3n) is 7.64. The van der Waals surface area contributed by atoms with Crippen LogP contribution in [0.25, 0.3) is 0 Å². The molecule has 0 bridgehead atoms. The number of piperazine rings is 1. The SMILES string of the molecule is CC(C)N1CCN(c2ccc(OC[C@@H]3CO[C@@](Cn4cncn4)(c4ccc(Cl)cc4Cl)O3)cc2)C2(C)OS(=O)(=O)OC12. The van der Waals surface area contributed by atoms with Gasteiger partial charge in [0.05, 0.1) is 11.6 Å². The van der Waals surface area contributed by atoms with Gasteiger partial charge < -0.3 is 19.1 Å². The van der Waals surface area contributed by atoms with Crippen LogP contribution in [0.15, 0.2) is 55.1 Å². The number of fused-ring (bicyclic) bond motifs is 1. The average Bonchev–Trinajstić information content (AvgIpc) is 3.64. The summed E-state index contributed by atoms with van der Waals surface area (Å²) in [5.74, 6) is -0.597. The number of hydrogen-bond acceptors (Lipinski definition) is 11. The molecule has 4 heterocycles. The van der Waals surface area contributed by atoms with E-state index in [2.05, 4.69) is 10.1 Å². The fourth-order valence-electron chi connectivity index (χ4n) is 5.67. The summed E-state index contributed by atoms with van der Waals surface area (Å²) in [6.07, 6.45) is 1.84. The molecule has 6 rings (SSSR count). The van der Waals surface area contributed by atoms with Crippen molar-refractivity contribution in [3.05, 3.63) is 70.7 Å². The van der Waals surface area contributed by atoms with Gasteiger partial charge in [-0.2, -0.15) is 13.5 Å². The first-order valence-corrected chi connectivity index (χ1v) is 15.6. The summed E-state index contributed by atoms with van der Waals surface area (Å²) in [5, 5.41) is 5.11. The van der Waals surface area contributed by atoms with Crippen LogP contribution in [0.3, 0.4) is 0 Å². The molecule has 42 heavy (non-hydrogen) atoms. The van der Waals surface area contributed by atoms with Gasteiger partial charge in [0.1, 0.15) is 37.7 Å². The molecule has 0 spiro atoms. The lowest BCUT2D eigenvalue weighted by atomic mass is 10.0. The Hall–Kier alpha value is -2.49. The number of anilines is 1. The van der Waals surface area contributed by atoms with E-state index in [1.165, 1.54) is 6.33 Å². The van der Waals surface area contributed by atoms with E-state index in [4.69, 9.17) is 45.8 Å². The molecule has 3 fully saturated rings. The van der Waals surface area contributed by atoms with E-state index in [1.807, 2.05) is 47.9 Å². The molecule has 1 aromatic heterocycles. The highest BCUT2D eigenvalue weighted by atomic mass is 35.5. The van der Waals surface area contributed by atoms with Crippen LogP contribution in [0.1, 0.15) is 26.3 Å². The van der Waals surface area contributed by atoms with E-state index in [0.717, 1.165) is 5.69 Å². The Morgan fingerprint density at radius 2 is 1.93 bits per heavy atom. The molecular formula is C27H31Cl2N5O7S. The largest absolute Gasteiger partial charge is 0.491 e. The van der Waals surface area contributed by atoms with Gasteiger partial charge in [0.2, 0.25) is 11.5 Å². The molecule has 2 unspecified atom stereocenters. The number of hydrogen-bond donors (Lipinski definition) is 0. The maximum Gasteiger partial charge on any atom is 0.404 e. The van der Waals surface area contributed by atoms with E-state index < -0.39 is 34.2 Å². The van der Waals surface area contributed by atoms with Crippen LogP contribution < -0.4 is 9.64 Å². The molecule has 3 aromatic rings. The molecule has 15 heteroatoms. The summed E-state index contributed by atoms with van der Waals surface area (Å²) in [5.41, 5.74) is 0.193. The Labute approximate surface area is 254 Å². The smallest absolute Gasteiger partial charge is 0.404 e. The van der Waals surface area contributed by atoms with Gasteiger partial charge in [-0.3, -0.25) is 4.90 Å². The van der Waals surface area contributed by atoms with Crippen molar-refractivity contribution in [1.29, 1.82) is 0 Å². The molecule has 0 aliphatic carbocycles. The topological polar surface area (TPSA) is 117 Å². The molecule has 0 N–H and O–H groups in total. The van der Waals surface area contributed by atoms with E-state index in [9.17, 15) is 8.42 Å². The molecule has 0 radical (unpaired) electrons. The lowest BCUT2D eigenvalue weighted by Crippen LogP contribution is -2.67. The summed E-state index contributed by atoms with van der Waals surface area (Å²) in [6.45, 7) is 7.60. The highest BCUT2D eigenvalue weighted by Crippen LogP contribution is 2.43. The van der Waals surface area contributed by atoms with Crippen molar-refractivity contribution in [3.63, 3.8) is 0 Å². The van der Waals surface area contributed by atoms with Gasteiger partial charge >= 0.3 is 10.4 Å². The lowest BCUT2D eigenvalue weighted by molar-refractivity contribution is -0.190. The average molecular weight is 641 g/mol. The monoisotopic (exact) mass is 639 g/mol. The standard InChI is InChI=1S/C27H31Cl2N5O7S/c1-18(2)33-10-11-34(26(3)25(33)40-42(35,36)41-26)20-5-7-21(8-6-20)37-13-22-14-38-27(39-22,15-32-17-30-16-31-32)23-9-4-19(28)12-24(23)29/h4-9,12,16-18,22,25H,10-11,13-15H2,1-3H3/t22-,25?,26?,27-/m1/s1. The van der Waals surface area contributed by atoms with E-state index >= 15 is 0 Å². The van der Waals surface area contributed by atoms with Crippen LogP contribution in [-0.4, -0.2) is 78.5 Å². The van der Waals surface area contributed by atoms with Crippen LogP contribution in [0, 0.1) is 0 Å². The van der Waals surface area contributed by atoms with Gasteiger partial charge in [0.15, 0.2) is 6.23 Å². The second-order valence-electron chi connectivity index (χ2n) is 10.8. The Balaban J connectivity index is 1.15. The number of benzene rings is 2. The maximum atomic E-state index is 12.3. The second kappa shape index (κ2) is 11.2. The van der Waals surface area contributed by atoms with Gasteiger partial charge in [-0.15, -0.1) is 0 Å². The first kappa shape index (κ1) is 29.6. The molecule has 3 saturated heterocycles. The minimum absolute atomic E-state index is 0.0802. The highest BCUT2D eigenvalue weighted by Gasteiger charge is 2.59. The van der Waals surface area contributed by atoms with Crippen molar-refractivity contribution in [2.45, 2.75) is 57.2 Å². The maximum absolute atomic E-state index is 12.3. The van der Waals surface area contributed by atoms with Crippen molar-refractivity contribution >= 4 is 39.3 Å². The summed E-state index contributed by atoms with van der Waals surface area (Å²) >= 11 is 12.7. The van der Waals surface area contributed by atoms with Crippen LogP contribution >= 0.6 is 23.2 Å². The van der Waals surface area contributed by atoms with Gasteiger partial charge in [-0.05, 0) is 57.2 Å². The number of nitrogens with zero attached hydrogens (tertiary/aromatic N) is 5. The summed E-state index contributed by atoms with van der Waals surface area (Å²) in [6, 6.07) is 12.6. The molecule has 226 valence electrons. The molecule has 3 aliphatic rings. The summed E-state index contributed by atoms with van der Waals surface area (Å²) in [7, 11) is -4.13. The van der Waals surface area contributed by atoms with Crippen molar-refractivity contribution < 1.29 is 31.0 Å². The molecule has 0 amide bonds. The van der Waals surface area contributed by atoms with Crippen molar-refractivity contribution in [1.82, 2.24) is 19.7 Å². The van der Waals surface area contributed by atoms with Crippen LogP contribution in [-0.2, 0) is 40.6 Å². The normalized spacial score (nSPS) is 29.2. The third-order valence-corrected chi connectivity index (χ3v) is 9.15. The molecule has 12 nitrogen and oxygen atoms in total. The first-order chi connectivity index (χ1) is 20.0. The zero-order chi connectivity index (χ0) is 29.7. The van der Waals surface area contributed by atoms with Crippen LogP contribution in [0.5, 0.6) is 5.75 Å². The van der Waals surface area contributed by atoms with Gasteiger partial charge in [0.25, 0.3) is 0 Å². The third kappa shape index (κ3) is 5.60. The van der Waals surface area contributed by atoms with Gasteiger partial charge in [0, 0.05) is 35.4 Å². The Morgan fingerprint density at radius 3 is 2.62 bits per heavy atom. The molecule has 3 aliphatic heterocycles. The number of ether oxygens (including phenoxy) is 3. The predicted molar refractivity (Wildman–Crippen MR) is 153 cm³/mol. The van der Waals surface area contributed by atoms with Crippen molar-refractivity contribution in [2.75, 3.05) is 31.2 Å². The van der Waals surface area contributed by atoms with Gasteiger partial charge in [-0.25, -0.2) is 18.0 Å². The van der Waals surface area contributed by atoms with Crippen molar-refractivity contribution in [3.8, 4) is 5.75 Å². The first-order valence-electron chi connectivity index (χ1n) is 13.5. The Morgan fingerprint density at radius 1 is 1.14 bits per heavy atom. The Bertz CT molecular complexity index is 1530. The predicted octanol–water partition coefficient (Wildman–Crippen LogP) is 3.80. The van der Waals surface area contributed by atoms with Gasteiger partial charge in [-0.1, -0.05) is 29.3 Å². The fraction of sp³-hybridized carbons (Fsp3) is 0.481. The van der Waals surface area contributed by atoms with Crippen LogP contribution in [0.4, 0.5) is 5.69 Å². The summed E-state index contributed by atoms with van der Waals surface area (Å²) < 4.78 is 55.8. The second-order valence-corrected chi connectivity index (χ2v) is 12.8. The molecule has 0 saturated carbocycles. The summed E-state index contributed by atoms with van der Waals surface area (Å²) in [4.78, 5) is 7.91. The minimum Gasteiger partial charge on any atom is -0.491 e. The fourth-order valence-corrected chi connectivity index (χ4v) is 7.36. The van der Waals surface area contributed by atoms with Crippen molar-refractivity contribution in [2.24, 2.45) is 0 Å². The zero-order valence-electron chi connectivity index (χ0n) is 23.2. The number of rotatable bonds is 8.